The van der Waals surface area contributed by atoms with Crippen LogP contribution in [-0.2, 0) is 11.3 Å². The lowest BCUT2D eigenvalue weighted by molar-refractivity contribution is -0.134. The summed E-state index contributed by atoms with van der Waals surface area (Å²) in [6, 6.07) is 4.45. The molecule has 0 spiro atoms. The fourth-order valence-electron chi connectivity index (χ4n) is 3.01. The average Bonchev–Trinajstić information content (AvgIpc) is 3.09. The van der Waals surface area contributed by atoms with Gasteiger partial charge in [-0.05, 0) is 38.4 Å². The van der Waals surface area contributed by atoms with Crippen molar-refractivity contribution in [2.24, 2.45) is 0 Å². The van der Waals surface area contributed by atoms with E-state index in [1.807, 2.05) is 17.0 Å². The van der Waals surface area contributed by atoms with E-state index in [4.69, 9.17) is 4.42 Å². The Balaban J connectivity index is 1.99. The molecule has 1 aromatic rings. The van der Waals surface area contributed by atoms with E-state index in [0.717, 1.165) is 25.1 Å². The van der Waals surface area contributed by atoms with Crippen LogP contribution in [0.2, 0.25) is 0 Å². The fourth-order valence-corrected chi connectivity index (χ4v) is 3.01. The summed E-state index contributed by atoms with van der Waals surface area (Å²) in [7, 11) is 0. The second kappa shape index (κ2) is 7.48. The number of carbonyl (C=O) groups is 1. The van der Waals surface area contributed by atoms with Gasteiger partial charge in [-0.1, -0.05) is 19.8 Å². The summed E-state index contributed by atoms with van der Waals surface area (Å²) in [4.78, 5) is 14.6. The molecule has 0 saturated heterocycles. The van der Waals surface area contributed by atoms with Crippen molar-refractivity contribution in [1.29, 1.82) is 0 Å². The van der Waals surface area contributed by atoms with E-state index in [1.54, 1.807) is 6.26 Å². The van der Waals surface area contributed by atoms with Gasteiger partial charge in [-0.15, -0.1) is 0 Å². The van der Waals surface area contributed by atoms with E-state index in [-0.39, 0.29) is 11.9 Å². The fraction of sp³-hybridized carbons (Fsp3) is 0.688. The van der Waals surface area contributed by atoms with Crippen molar-refractivity contribution in [3.05, 3.63) is 24.2 Å². The number of rotatable bonds is 7. The van der Waals surface area contributed by atoms with Crippen LogP contribution >= 0.6 is 0 Å². The van der Waals surface area contributed by atoms with E-state index >= 15 is 0 Å². The Kier molecular flexibility index (Phi) is 5.65. The maximum absolute atomic E-state index is 12.6. The Morgan fingerprint density at radius 3 is 2.85 bits per heavy atom. The average molecular weight is 278 g/mol. The monoisotopic (exact) mass is 278 g/mol. The van der Waals surface area contributed by atoms with Crippen LogP contribution in [0.1, 0.15) is 51.7 Å². The molecule has 0 radical (unpaired) electrons. The maximum atomic E-state index is 12.6. The van der Waals surface area contributed by atoms with Crippen LogP contribution < -0.4 is 5.32 Å². The number of nitrogens with zero attached hydrogens (tertiary/aromatic N) is 1. The highest BCUT2D eigenvalue weighted by Gasteiger charge is 2.27. The summed E-state index contributed by atoms with van der Waals surface area (Å²) in [6.07, 6.45) is 6.95. The van der Waals surface area contributed by atoms with Crippen molar-refractivity contribution in [1.82, 2.24) is 10.2 Å². The molecule has 1 aromatic heterocycles. The molecule has 4 nitrogen and oxygen atoms in total. The summed E-state index contributed by atoms with van der Waals surface area (Å²) in [6.45, 7) is 5.64. The first-order chi connectivity index (χ1) is 9.70. The van der Waals surface area contributed by atoms with Gasteiger partial charge < -0.3 is 14.6 Å². The van der Waals surface area contributed by atoms with Gasteiger partial charge in [-0.2, -0.15) is 0 Å². The normalized spacial score (nSPS) is 17.3. The summed E-state index contributed by atoms with van der Waals surface area (Å²) < 4.78 is 5.42. The van der Waals surface area contributed by atoms with Crippen LogP contribution in [-0.4, -0.2) is 29.4 Å². The number of amides is 1. The van der Waals surface area contributed by atoms with E-state index in [9.17, 15) is 4.79 Å². The zero-order chi connectivity index (χ0) is 14.4. The molecule has 0 aromatic carbocycles. The third-order valence-electron chi connectivity index (χ3n) is 4.03. The summed E-state index contributed by atoms with van der Waals surface area (Å²) in [5.74, 6) is 1.11. The first kappa shape index (κ1) is 15.1. The van der Waals surface area contributed by atoms with Gasteiger partial charge in [0.2, 0.25) is 5.91 Å². The molecule has 1 N–H and O–H groups in total. The minimum Gasteiger partial charge on any atom is -0.467 e. The predicted molar refractivity (Wildman–Crippen MR) is 79.3 cm³/mol. The highest BCUT2D eigenvalue weighted by atomic mass is 16.3. The topological polar surface area (TPSA) is 45.5 Å². The molecule has 1 heterocycles. The predicted octanol–water partition coefficient (Wildman–Crippen LogP) is 2.94. The van der Waals surface area contributed by atoms with Crippen molar-refractivity contribution >= 4 is 5.91 Å². The second-order valence-corrected chi connectivity index (χ2v) is 5.70. The zero-order valence-electron chi connectivity index (χ0n) is 12.6. The third-order valence-corrected chi connectivity index (χ3v) is 4.03. The summed E-state index contributed by atoms with van der Waals surface area (Å²) in [5, 5.41) is 3.31. The van der Waals surface area contributed by atoms with Gasteiger partial charge in [0, 0.05) is 18.5 Å². The van der Waals surface area contributed by atoms with Crippen LogP contribution in [0.15, 0.2) is 22.8 Å². The van der Waals surface area contributed by atoms with Crippen LogP contribution in [0.4, 0.5) is 0 Å². The molecular formula is C16H26N2O2. The molecule has 0 aliphatic heterocycles. The standard InChI is InChI=1S/C16H26N2O2/c1-3-17-13(2)11-16(19)18(14-7-4-5-8-14)12-15-9-6-10-20-15/h6,9-10,13-14,17H,3-5,7-8,11-12H2,1-2H3. The van der Waals surface area contributed by atoms with Gasteiger partial charge in [0.1, 0.15) is 5.76 Å². The van der Waals surface area contributed by atoms with Crippen LogP contribution in [0, 0.1) is 0 Å². The number of furan rings is 1. The number of hydrogen-bond acceptors (Lipinski definition) is 3. The lowest BCUT2D eigenvalue weighted by Crippen LogP contribution is -2.41. The van der Waals surface area contributed by atoms with Gasteiger partial charge in [0.25, 0.3) is 0 Å². The van der Waals surface area contributed by atoms with Crippen molar-refractivity contribution in [3.8, 4) is 0 Å². The maximum Gasteiger partial charge on any atom is 0.224 e. The molecular weight excluding hydrogens is 252 g/mol. The molecule has 1 fully saturated rings. The van der Waals surface area contributed by atoms with Crippen molar-refractivity contribution in [2.45, 2.75) is 64.6 Å². The third kappa shape index (κ3) is 4.10. The van der Waals surface area contributed by atoms with E-state index in [2.05, 4.69) is 19.2 Å². The lowest BCUT2D eigenvalue weighted by Gasteiger charge is -2.29. The molecule has 0 bridgehead atoms. The highest BCUT2D eigenvalue weighted by molar-refractivity contribution is 5.77. The molecule has 112 valence electrons. The molecule has 4 heteroatoms. The van der Waals surface area contributed by atoms with Crippen LogP contribution in [0.5, 0.6) is 0 Å². The SMILES string of the molecule is CCNC(C)CC(=O)N(Cc1ccco1)C1CCCC1. The summed E-state index contributed by atoms with van der Waals surface area (Å²) in [5.41, 5.74) is 0. The highest BCUT2D eigenvalue weighted by Crippen LogP contribution is 2.26. The molecule has 1 aliphatic carbocycles. The Bertz CT molecular complexity index is 397. The molecule has 2 rings (SSSR count). The van der Waals surface area contributed by atoms with Gasteiger partial charge in [-0.25, -0.2) is 0 Å². The van der Waals surface area contributed by atoms with Gasteiger partial charge in [-0.3, -0.25) is 4.79 Å². The molecule has 1 amide bonds. The van der Waals surface area contributed by atoms with Crippen molar-refractivity contribution in [2.75, 3.05) is 6.54 Å². The number of hydrogen-bond donors (Lipinski definition) is 1. The minimum atomic E-state index is 0.230. The molecule has 1 saturated carbocycles. The van der Waals surface area contributed by atoms with Crippen LogP contribution in [0.3, 0.4) is 0 Å². The van der Waals surface area contributed by atoms with E-state index in [0.29, 0.717) is 19.0 Å². The first-order valence-corrected chi connectivity index (χ1v) is 7.76. The quantitative estimate of drug-likeness (QED) is 0.834. The molecule has 1 atom stereocenters. The first-order valence-electron chi connectivity index (χ1n) is 7.76. The molecule has 1 unspecified atom stereocenters. The zero-order valence-corrected chi connectivity index (χ0v) is 12.6. The smallest absolute Gasteiger partial charge is 0.224 e. The Hall–Kier alpha value is -1.29. The Morgan fingerprint density at radius 2 is 2.25 bits per heavy atom. The minimum absolute atomic E-state index is 0.230. The molecule has 1 aliphatic rings. The van der Waals surface area contributed by atoms with E-state index < -0.39 is 0 Å². The second-order valence-electron chi connectivity index (χ2n) is 5.70. The van der Waals surface area contributed by atoms with Crippen LogP contribution in [0.25, 0.3) is 0 Å². The van der Waals surface area contributed by atoms with Crippen molar-refractivity contribution in [3.63, 3.8) is 0 Å². The Labute approximate surface area is 121 Å². The van der Waals surface area contributed by atoms with E-state index in [1.165, 1.54) is 12.8 Å². The molecule has 20 heavy (non-hydrogen) atoms. The largest absolute Gasteiger partial charge is 0.467 e. The van der Waals surface area contributed by atoms with Gasteiger partial charge >= 0.3 is 0 Å². The Morgan fingerprint density at radius 1 is 1.50 bits per heavy atom. The lowest BCUT2D eigenvalue weighted by atomic mass is 10.1. The summed E-state index contributed by atoms with van der Waals surface area (Å²) >= 11 is 0. The van der Waals surface area contributed by atoms with Gasteiger partial charge in [0.05, 0.1) is 12.8 Å². The van der Waals surface area contributed by atoms with Gasteiger partial charge in [0.15, 0.2) is 0 Å². The number of nitrogens with one attached hydrogen (secondary N) is 1. The van der Waals surface area contributed by atoms with Crippen molar-refractivity contribution < 1.29 is 9.21 Å². The number of carbonyl (C=O) groups excluding carboxylic acids is 1.